The van der Waals surface area contributed by atoms with Crippen LogP contribution < -0.4 is 10.5 Å². The van der Waals surface area contributed by atoms with Crippen LogP contribution in [0.25, 0.3) is 16.7 Å². The van der Waals surface area contributed by atoms with Crippen LogP contribution in [0.3, 0.4) is 0 Å². The van der Waals surface area contributed by atoms with E-state index in [4.69, 9.17) is 0 Å². The fourth-order valence-electron chi connectivity index (χ4n) is 3.87. The van der Waals surface area contributed by atoms with Gasteiger partial charge in [-0.25, -0.2) is 4.68 Å². The van der Waals surface area contributed by atoms with E-state index < -0.39 is 11.9 Å². The molecule has 3 aromatic heterocycles. The third kappa shape index (κ3) is 3.56. The summed E-state index contributed by atoms with van der Waals surface area (Å²) >= 11 is 0. The highest BCUT2D eigenvalue weighted by atomic mass is 19.4. The molecule has 1 N–H and O–H groups in total. The van der Waals surface area contributed by atoms with Gasteiger partial charge in [-0.3, -0.25) is 14.5 Å². The maximum atomic E-state index is 12.9. The SMILES string of the molecule is O=c1[nH]c(N2CCCC(n3ccc(C(F)(F)F)n3)C2)nc2c1cnn2-c1ccccc1. The number of para-hydroxylation sites is 1. The smallest absolute Gasteiger partial charge is 0.340 e. The fraction of sp³-hybridized carbons (Fsp3) is 0.300. The minimum atomic E-state index is -4.48. The van der Waals surface area contributed by atoms with Crippen LogP contribution in [0.5, 0.6) is 0 Å². The van der Waals surface area contributed by atoms with Gasteiger partial charge < -0.3 is 4.90 Å². The largest absolute Gasteiger partial charge is 0.435 e. The Morgan fingerprint density at radius 1 is 1.13 bits per heavy atom. The quantitative estimate of drug-likeness (QED) is 0.541. The van der Waals surface area contributed by atoms with Crippen molar-refractivity contribution in [2.24, 2.45) is 0 Å². The minimum absolute atomic E-state index is 0.259. The lowest BCUT2D eigenvalue weighted by atomic mass is 10.1. The second-order valence-electron chi connectivity index (χ2n) is 7.44. The summed E-state index contributed by atoms with van der Waals surface area (Å²) in [7, 11) is 0. The third-order valence-corrected chi connectivity index (χ3v) is 5.40. The molecule has 1 saturated heterocycles. The first-order valence-electron chi connectivity index (χ1n) is 9.81. The highest BCUT2D eigenvalue weighted by molar-refractivity contribution is 5.76. The average molecular weight is 429 g/mol. The first kappa shape index (κ1) is 19.3. The first-order valence-corrected chi connectivity index (χ1v) is 9.81. The molecular formula is C20H18F3N7O. The number of aromatic amines is 1. The molecule has 160 valence electrons. The van der Waals surface area contributed by atoms with E-state index in [-0.39, 0.29) is 11.6 Å². The van der Waals surface area contributed by atoms with Crippen molar-refractivity contribution < 1.29 is 13.2 Å². The first-order chi connectivity index (χ1) is 14.9. The Bertz CT molecular complexity index is 1280. The predicted molar refractivity (Wildman–Crippen MR) is 107 cm³/mol. The van der Waals surface area contributed by atoms with E-state index in [1.807, 2.05) is 35.2 Å². The summed E-state index contributed by atoms with van der Waals surface area (Å²) in [6.07, 6.45) is -0.247. The van der Waals surface area contributed by atoms with Gasteiger partial charge >= 0.3 is 6.18 Å². The number of alkyl halides is 3. The van der Waals surface area contributed by atoms with E-state index in [1.165, 1.54) is 17.1 Å². The number of hydrogen-bond donors (Lipinski definition) is 1. The van der Waals surface area contributed by atoms with E-state index in [1.54, 1.807) is 4.68 Å². The summed E-state index contributed by atoms with van der Waals surface area (Å²) in [5.41, 5.74) is -0.0353. The number of halogens is 3. The molecule has 0 saturated carbocycles. The highest BCUT2D eigenvalue weighted by Crippen LogP contribution is 2.30. The average Bonchev–Trinajstić information content (AvgIpc) is 3.42. The molecule has 1 fully saturated rings. The number of fused-ring (bicyclic) bond motifs is 1. The number of aromatic nitrogens is 6. The van der Waals surface area contributed by atoms with Gasteiger partial charge in [0.2, 0.25) is 5.95 Å². The lowest BCUT2D eigenvalue weighted by molar-refractivity contribution is -0.141. The maximum absolute atomic E-state index is 12.9. The van der Waals surface area contributed by atoms with Gasteiger partial charge in [-0.2, -0.15) is 28.4 Å². The summed E-state index contributed by atoms with van der Waals surface area (Å²) in [6, 6.07) is 10.1. The van der Waals surface area contributed by atoms with Crippen molar-refractivity contribution in [2.45, 2.75) is 25.1 Å². The third-order valence-electron chi connectivity index (χ3n) is 5.40. The lowest BCUT2D eigenvalue weighted by Crippen LogP contribution is -2.38. The molecule has 4 heterocycles. The van der Waals surface area contributed by atoms with Gasteiger partial charge in [0, 0.05) is 19.3 Å². The Hall–Kier alpha value is -3.63. The molecule has 31 heavy (non-hydrogen) atoms. The monoisotopic (exact) mass is 429 g/mol. The number of anilines is 1. The van der Waals surface area contributed by atoms with E-state index in [9.17, 15) is 18.0 Å². The maximum Gasteiger partial charge on any atom is 0.435 e. The summed E-state index contributed by atoms with van der Waals surface area (Å²) in [6.45, 7) is 1.00. The van der Waals surface area contributed by atoms with Gasteiger partial charge in [0.15, 0.2) is 11.3 Å². The second-order valence-corrected chi connectivity index (χ2v) is 7.44. The summed E-state index contributed by atoms with van der Waals surface area (Å²) < 4.78 is 41.7. The number of H-pyrrole nitrogens is 1. The minimum Gasteiger partial charge on any atom is -0.340 e. The van der Waals surface area contributed by atoms with Gasteiger partial charge in [0.1, 0.15) is 5.39 Å². The van der Waals surface area contributed by atoms with Crippen molar-refractivity contribution in [1.82, 2.24) is 29.5 Å². The lowest BCUT2D eigenvalue weighted by Gasteiger charge is -2.33. The fourth-order valence-corrected chi connectivity index (χ4v) is 3.87. The van der Waals surface area contributed by atoms with Crippen LogP contribution >= 0.6 is 0 Å². The zero-order valence-electron chi connectivity index (χ0n) is 16.3. The Kier molecular flexibility index (Phi) is 4.53. The van der Waals surface area contributed by atoms with Crippen LogP contribution in [0, 0.1) is 0 Å². The normalized spacial score (nSPS) is 17.4. The molecule has 8 nitrogen and oxygen atoms in total. The number of nitrogens with zero attached hydrogens (tertiary/aromatic N) is 6. The molecule has 0 bridgehead atoms. The van der Waals surface area contributed by atoms with Crippen molar-refractivity contribution in [3.63, 3.8) is 0 Å². The standard InChI is InChI=1S/C20H18F3N7O/c21-20(22,23)16-8-10-29(27-16)14-7-4-9-28(12-14)19-25-17-15(18(31)26-19)11-24-30(17)13-5-2-1-3-6-13/h1-3,5-6,8,10-11,14H,4,7,9,12H2,(H,25,26,31). The number of hydrogen-bond acceptors (Lipinski definition) is 5. The topological polar surface area (TPSA) is 84.6 Å². The zero-order valence-corrected chi connectivity index (χ0v) is 16.3. The van der Waals surface area contributed by atoms with E-state index >= 15 is 0 Å². The molecule has 0 radical (unpaired) electrons. The van der Waals surface area contributed by atoms with Crippen LogP contribution in [0.1, 0.15) is 24.6 Å². The molecule has 0 spiro atoms. The van der Waals surface area contributed by atoms with E-state index in [2.05, 4.69) is 20.2 Å². The zero-order chi connectivity index (χ0) is 21.6. The Labute approximate surface area is 173 Å². The molecular weight excluding hydrogens is 411 g/mol. The molecule has 1 aromatic carbocycles. The Morgan fingerprint density at radius 3 is 2.68 bits per heavy atom. The number of rotatable bonds is 3. The van der Waals surface area contributed by atoms with Gasteiger partial charge in [0.05, 0.1) is 17.9 Å². The summed E-state index contributed by atoms with van der Waals surface area (Å²) in [5.74, 6) is 0.364. The molecule has 5 rings (SSSR count). The number of nitrogens with one attached hydrogen (secondary N) is 1. The van der Waals surface area contributed by atoms with Crippen LogP contribution in [-0.2, 0) is 6.18 Å². The number of benzene rings is 1. The van der Waals surface area contributed by atoms with Gasteiger partial charge in [-0.1, -0.05) is 18.2 Å². The molecule has 1 unspecified atom stereocenters. The number of piperidine rings is 1. The second kappa shape index (κ2) is 7.25. The molecule has 1 aliphatic heterocycles. The van der Waals surface area contributed by atoms with Crippen molar-refractivity contribution in [1.29, 1.82) is 0 Å². The molecule has 11 heteroatoms. The van der Waals surface area contributed by atoms with Gasteiger partial charge in [-0.15, -0.1) is 0 Å². The van der Waals surface area contributed by atoms with Crippen LogP contribution in [0.2, 0.25) is 0 Å². The van der Waals surface area contributed by atoms with Crippen molar-refractivity contribution >= 4 is 17.0 Å². The molecule has 1 aliphatic rings. The molecule has 4 aromatic rings. The van der Waals surface area contributed by atoms with Crippen LogP contribution in [0.4, 0.5) is 19.1 Å². The van der Waals surface area contributed by atoms with Crippen molar-refractivity contribution in [2.75, 3.05) is 18.0 Å². The Balaban J connectivity index is 1.47. The van der Waals surface area contributed by atoms with Gasteiger partial charge in [-0.05, 0) is 31.0 Å². The Morgan fingerprint density at radius 2 is 1.94 bits per heavy atom. The summed E-state index contributed by atoms with van der Waals surface area (Å²) in [4.78, 5) is 21.9. The van der Waals surface area contributed by atoms with Crippen LogP contribution in [-0.4, -0.2) is 42.6 Å². The van der Waals surface area contributed by atoms with Gasteiger partial charge in [0.25, 0.3) is 5.56 Å². The predicted octanol–water partition coefficient (Wildman–Crippen LogP) is 3.17. The van der Waals surface area contributed by atoms with Crippen LogP contribution in [0.15, 0.2) is 53.6 Å². The molecule has 0 aliphatic carbocycles. The summed E-state index contributed by atoms with van der Waals surface area (Å²) in [5, 5.41) is 8.36. The van der Waals surface area contributed by atoms with Crippen molar-refractivity contribution in [3.8, 4) is 5.69 Å². The van der Waals surface area contributed by atoms with E-state index in [0.717, 1.165) is 18.2 Å². The highest BCUT2D eigenvalue weighted by Gasteiger charge is 2.34. The molecule has 0 amide bonds. The van der Waals surface area contributed by atoms with E-state index in [0.29, 0.717) is 36.5 Å². The van der Waals surface area contributed by atoms with Crippen molar-refractivity contribution in [3.05, 3.63) is 64.8 Å². The molecule has 1 atom stereocenters.